The van der Waals surface area contributed by atoms with Gasteiger partial charge in [0.25, 0.3) is 0 Å². The molecule has 5 nitrogen and oxygen atoms in total. The van der Waals surface area contributed by atoms with Gasteiger partial charge >= 0.3 is 5.97 Å². The average molecular weight is 291 g/mol. The van der Waals surface area contributed by atoms with E-state index in [1.165, 1.54) is 25.3 Å². The van der Waals surface area contributed by atoms with Crippen LogP contribution in [-0.2, 0) is 14.8 Å². The van der Waals surface area contributed by atoms with Crippen LogP contribution in [0.2, 0.25) is 0 Å². The molecule has 0 saturated heterocycles. The number of nitrogens with zero attached hydrogens (tertiary/aromatic N) is 1. The molecule has 0 saturated carbocycles. The highest BCUT2D eigenvalue weighted by atomic mass is 32.2. The van der Waals surface area contributed by atoms with Gasteiger partial charge in [-0.05, 0) is 32.9 Å². The first-order chi connectivity index (χ1) is 8.17. The fourth-order valence-electron chi connectivity index (χ4n) is 1.45. The van der Waals surface area contributed by atoms with Crippen molar-refractivity contribution in [3.63, 3.8) is 0 Å². The third-order valence-electron chi connectivity index (χ3n) is 2.91. The van der Waals surface area contributed by atoms with E-state index in [1.54, 1.807) is 6.92 Å². The van der Waals surface area contributed by atoms with Crippen molar-refractivity contribution in [2.75, 3.05) is 7.05 Å². The minimum atomic E-state index is -3.84. The van der Waals surface area contributed by atoms with Crippen LogP contribution in [0.25, 0.3) is 0 Å². The lowest BCUT2D eigenvalue weighted by Gasteiger charge is -2.25. The van der Waals surface area contributed by atoms with Crippen LogP contribution in [0.4, 0.5) is 0 Å². The summed E-state index contributed by atoms with van der Waals surface area (Å²) in [7, 11) is -2.42. The predicted molar refractivity (Wildman–Crippen MR) is 71.3 cm³/mol. The quantitative estimate of drug-likeness (QED) is 0.898. The van der Waals surface area contributed by atoms with Gasteiger partial charge in [0.15, 0.2) is 5.25 Å². The lowest BCUT2D eigenvalue weighted by atomic mass is 10.3. The van der Waals surface area contributed by atoms with Crippen LogP contribution in [-0.4, -0.2) is 36.1 Å². The van der Waals surface area contributed by atoms with Crippen molar-refractivity contribution in [1.29, 1.82) is 0 Å². The summed E-state index contributed by atoms with van der Waals surface area (Å²) in [5.74, 6) is -1.34. The lowest BCUT2D eigenvalue weighted by Crippen LogP contribution is -2.39. The molecule has 0 aliphatic rings. The molecule has 0 aliphatic heterocycles. The Labute approximate surface area is 111 Å². The molecular formula is C11H17NO4S2. The summed E-state index contributed by atoms with van der Waals surface area (Å²) in [5.41, 5.74) is 0. The molecule has 0 fully saturated rings. The largest absolute Gasteiger partial charge is 0.480 e. The van der Waals surface area contributed by atoms with Gasteiger partial charge in [-0.3, -0.25) is 4.79 Å². The maximum atomic E-state index is 12.0. The molecule has 2 atom stereocenters. The molecule has 1 aromatic rings. The molecule has 0 radical (unpaired) electrons. The molecule has 102 valence electrons. The summed E-state index contributed by atoms with van der Waals surface area (Å²) < 4.78 is 25.2. The first kappa shape index (κ1) is 15.1. The van der Waals surface area contributed by atoms with Crippen LogP contribution in [0, 0.1) is 6.92 Å². The predicted octanol–water partition coefficient (Wildman–Crippen LogP) is 1.85. The molecule has 1 heterocycles. The van der Waals surface area contributed by atoms with Gasteiger partial charge < -0.3 is 5.11 Å². The Hall–Kier alpha value is -0.920. The minimum Gasteiger partial charge on any atom is -0.480 e. The number of rotatable bonds is 5. The lowest BCUT2D eigenvalue weighted by molar-refractivity contribution is -0.136. The second-order valence-electron chi connectivity index (χ2n) is 4.17. The maximum absolute atomic E-state index is 12.0. The number of carboxylic acid groups (broad SMARTS) is 1. The van der Waals surface area contributed by atoms with Gasteiger partial charge in [0.2, 0.25) is 10.0 Å². The fraction of sp³-hybridized carbons (Fsp3) is 0.545. The number of hydrogen-bond donors (Lipinski definition) is 1. The second kappa shape index (κ2) is 5.38. The number of aliphatic carboxylic acids is 1. The van der Waals surface area contributed by atoms with Crippen LogP contribution in [0.5, 0.6) is 0 Å². The Kier molecular flexibility index (Phi) is 4.52. The molecule has 0 aromatic carbocycles. The molecule has 2 unspecified atom stereocenters. The topological polar surface area (TPSA) is 74.7 Å². The summed E-state index contributed by atoms with van der Waals surface area (Å²) in [6.45, 7) is 4.87. The van der Waals surface area contributed by atoms with Gasteiger partial charge in [-0.25, -0.2) is 8.42 Å². The third kappa shape index (κ3) is 2.90. The Bertz CT molecular complexity index is 535. The molecule has 1 aromatic heterocycles. The molecule has 0 spiro atoms. The van der Waals surface area contributed by atoms with Crippen LogP contribution in [0.1, 0.15) is 29.6 Å². The molecule has 0 aliphatic carbocycles. The molecular weight excluding hydrogens is 274 g/mol. The fourth-order valence-corrected chi connectivity index (χ4v) is 3.80. The maximum Gasteiger partial charge on any atom is 0.323 e. The molecule has 0 bridgehead atoms. The van der Waals surface area contributed by atoms with Crippen molar-refractivity contribution in [3.05, 3.63) is 21.9 Å². The van der Waals surface area contributed by atoms with E-state index in [-0.39, 0.29) is 6.04 Å². The van der Waals surface area contributed by atoms with Crippen LogP contribution < -0.4 is 0 Å². The van der Waals surface area contributed by atoms with E-state index in [0.29, 0.717) is 0 Å². The van der Waals surface area contributed by atoms with E-state index in [9.17, 15) is 13.2 Å². The van der Waals surface area contributed by atoms with E-state index >= 15 is 0 Å². The highest BCUT2D eigenvalue weighted by Crippen LogP contribution is 2.29. The Morgan fingerprint density at radius 2 is 1.94 bits per heavy atom. The number of hydrogen-bond acceptors (Lipinski definition) is 4. The van der Waals surface area contributed by atoms with Crippen LogP contribution in [0.3, 0.4) is 0 Å². The zero-order valence-electron chi connectivity index (χ0n) is 10.7. The van der Waals surface area contributed by atoms with E-state index in [4.69, 9.17) is 5.11 Å². The standard InChI is InChI=1S/C11H17NO4S2/c1-7-5-6-10(17-7)8(2)12(4)18(15,16)9(3)11(13)14/h5-6,8-9H,1-4H3,(H,13,14). The molecule has 0 amide bonds. The van der Waals surface area contributed by atoms with Gasteiger partial charge in [0.05, 0.1) is 6.04 Å². The monoisotopic (exact) mass is 291 g/mol. The number of carboxylic acids is 1. The summed E-state index contributed by atoms with van der Waals surface area (Å²) in [6.07, 6.45) is 0. The summed E-state index contributed by atoms with van der Waals surface area (Å²) in [6, 6.07) is 3.41. The van der Waals surface area contributed by atoms with Crippen molar-refractivity contribution in [3.8, 4) is 0 Å². The minimum absolute atomic E-state index is 0.365. The molecule has 7 heteroatoms. The number of aryl methyl sites for hydroxylation is 1. The van der Waals surface area contributed by atoms with Gasteiger partial charge in [0, 0.05) is 16.8 Å². The van der Waals surface area contributed by atoms with Crippen molar-refractivity contribution >= 4 is 27.3 Å². The Balaban J connectivity index is 3.00. The smallest absolute Gasteiger partial charge is 0.323 e. The number of carbonyl (C=O) groups is 1. The highest BCUT2D eigenvalue weighted by molar-refractivity contribution is 7.90. The zero-order valence-corrected chi connectivity index (χ0v) is 12.4. The summed E-state index contributed by atoms with van der Waals surface area (Å²) in [4.78, 5) is 12.8. The zero-order chi connectivity index (χ0) is 14.1. The van der Waals surface area contributed by atoms with Crippen molar-refractivity contribution in [2.45, 2.75) is 32.1 Å². The Morgan fingerprint density at radius 1 is 1.39 bits per heavy atom. The average Bonchev–Trinajstić information content (AvgIpc) is 2.72. The third-order valence-corrected chi connectivity index (χ3v) is 6.30. The van der Waals surface area contributed by atoms with E-state index in [2.05, 4.69) is 0 Å². The first-order valence-corrected chi connectivity index (χ1v) is 7.76. The normalized spacial score (nSPS) is 15.6. The van der Waals surface area contributed by atoms with Gasteiger partial charge in [-0.2, -0.15) is 4.31 Å². The summed E-state index contributed by atoms with van der Waals surface area (Å²) >= 11 is 1.51. The van der Waals surface area contributed by atoms with Crippen LogP contribution >= 0.6 is 11.3 Å². The summed E-state index contributed by atoms with van der Waals surface area (Å²) in [5, 5.41) is 7.38. The molecule has 1 rings (SSSR count). The molecule has 18 heavy (non-hydrogen) atoms. The highest BCUT2D eigenvalue weighted by Gasteiger charge is 2.34. The van der Waals surface area contributed by atoms with Gasteiger partial charge in [-0.15, -0.1) is 11.3 Å². The van der Waals surface area contributed by atoms with Crippen molar-refractivity contribution in [1.82, 2.24) is 4.31 Å². The van der Waals surface area contributed by atoms with Crippen molar-refractivity contribution in [2.24, 2.45) is 0 Å². The van der Waals surface area contributed by atoms with Crippen molar-refractivity contribution < 1.29 is 18.3 Å². The Morgan fingerprint density at radius 3 is 2.33 bits per heavy atom. The van der Waals surface area contributed by atoms with Gasteiger partial charge in [-0.1, -0.05) is 0 Å². The number of sulfonamides is 1. The van der Waals surface area contributed by atoms with E-state index < -0.39 is 21.2 Å². The number of thiophene rings is 1. The van der Waals surface area contributed by atoms with Gasteiger partial charge in [0.1, 0.15) is 0 Å². The van der Waals surface area contributed by atoms with E-state index in [0.717, 1.165) is 14.1 Å². The molecule has 1 N–H and O–H groups in total. The SMILES string of the molecule is Cc1ccc(C(C)N(C)S(=O)(=O)C(C)C(=O)O)s1. The van der Waals surface area contributed by atoms with Crippen LogP contribution in [0.15, 0.2) is 12.1 Å². The van der Waals surface area contributed by atoms with E-state index in [1.807, 2.05) is 19.1 Å². The first-order valence-electron chi connectivity index (χ1n) is 5.44. The second-order valence-corrected chi connectivity index (χ2v) is 7.80.